The molecular formula is C18H19FN2O2. The first-order valence-corrected chi connectivity index (χ1v) is 7.75. The maximum Gasteiger partial charge on any atom is 0.254 e. The molecule has 23 heavy (non-hydrogen) atoms. The van der Waals surface area contributed by atoms with Gasteiger partial charge in [0, 0.05) is 24.4 Å². The fourth-order valence-corrected chi connectivity index (χ4v) is 3.03. The van der Waals surface area contributed by atoms with Crippen LogP contribution in [-0.4, -0.2) is 29.4 Å². The molecule has 0 bridgehead atoms. The summed E-state index contributed by atoms with van der Waals surface area (Å²) in [5, 5.41) is 0. The van der Waals surface area contributed by atoms with Gasteiger partial charge in [-0.2, -0.15) is 0 Å². The number of amides is 1. The lowest BCUT2D eigenvalue weighted by atomic mass is 9.94. The summed E-state index contributed by atoms with van der Waals surface area (Å²) >= 11 is 0. The number of likely N-dealkylation sites (tertiary alicyclic amines) is 1. The van der Waals surface area contributed by atoms with Crippen molar-refractivity contribution in [1.29, 1.82) is 0 Å². The highest BCUT2D eigenvalue weighted by molar-refractivity contribution is 5.94. The number of methoxy groups -OCH3 is 1. The molecule has 0 unspecified atom stereocenters. The van der Waals surface area contributed by atoms with Crippen molar-refractivity contribution < 1.29 is 13.9 Å². The maximum atomic E-state index is 13.2. The van der Waals surface area contributed by atoms with Gasteiger partial charge < -0.3 is 9.64 Å². The summed E-state index contributed by atoms with van der Waals surface area (Å²) in [5.74, 6) is 0.118. The largest absolute Gasteiger partial charge is 0.481 e. The third-order valence-corrected chi connectivity index (χ3v) is 4.21. The SMILES string of the molecule is COc1cc(C(=O)N2CCCC[C@@H]2c2ccc(F)cc2)ccn1. The maximum absolute atomic E-state index is 13.2. The second-order valence-corrected chi connectivity index (χ2v) is 5.65. The van der Waals surface area contributed by atoms with Gasteiger partial charge in [0.25, 0.3) is 5.91 Å². The van der Waals surface area contributed by atoms with E-state index in [2.05, 4.69) is 4.98 Å². The fourth-order valence-electron chi connectivity index (χ4n) is 3.03. The van der Waals surface area contributed by atoms with E-state index in [1.165, 1.54) is 19.2 Å². The van der Waals surface area contributed by atoms with E-state index in [1.54, 1.807) is 30.5 Å². The molecule has 0 saturated carbocycles. The van der Waals surface area contributed by atoms with Crippen LogP contribution in [0.25, 0.3) is 0 Å². The smallest absolute Gasteiger partial charge is 0.254 e. The van der Waals surface area contributed by atoms with E-state index in [9.17, 15) is 9.18 Å². The number of nitrogens with zero attached hydrogens (tertiary/aromatic N) is 2. The number of rotatable bonds is 3. The summed E-state index contributed by atoms with van der Waals surface area (Å²) in [6.45, 7) is 0.700. The van der Waals surface area contributed by atoms with E-state index < -0.39 is 0 Å². The highest BCUT2D eigenvalue weighted by Crippen LogP contribution is 2.32. The Morgan fingerprint density at radius 3 is 2.78 bits per heavy atom. The molecule has 1 aliphatic heterocycles. The van der Waals surface area contributed by atoms with Crippen molar-refractivity contribution in [1.82, 2.24) is 9.88 Å². The molecule has 1 amide bonds. The van der Waals surface area contributed by atoms with Gasteiger partial charge in [-0.25, -0.2) is 9.37 Å². The predicted octanol–water partition coefficient (Wildman–Crippen LogP) is 3.60. The normalized spacial score (nSPS) is 17.8. The zero-order valence-electron chi connectivity index (χ0n) is 13.0. The number of hydrogen-bond donors (Lipinski definition) is 0. The Hall–Kier alpha value is -2.43. The third kappa shape index (κ3) is 3.33. The molecule has 1 aromatic heterocycles. The minimum atomic E-state index is -0.263. The first kappa shape index (κ1) is 15.5. The van der Waals surface area contributed by atoms with Crippen LogP contribution in [0.1, 0.15) is 41.2 Å². The van der Waals surface area contributed by atoms with E-state index in [1.807, 2.05) is 4.90 Å². The molecule has 1 saturated heterocycles. The Bertz CT molecular complexity index is 688. The number of ether oxygens (including phenoxy) is 1. The molecule has 1 aromatic carbocycles. The summed E-state index contributed by atoms with van der Waals surface area (Å²) in [4.78, 5) is 18.8. The summed E-state index contributed by atoms with van der Waals surface area (Å²) in [6.07, 6.45) is 4.50. The number of carbonyl (C=O) groups is 1. The predicted molar refractivity (Wildman–Crippen MR) is 84.8 cm³/mol. The van der Waals surface area contributed by atoms with Crippen LogP contribution in [0, 0.1) is 5.82 Å². The Labute approximate surface area is 134 Å². The summed E-state index contributed by atoms with van der Waals surface area (Å²) in [6, 6.07) is 9.75. The van der Waals surface area contributed by atoms with Crippen LogP contribution in [-0.2, 0) is 0 Å². The van der Waals surface area contributed by atoms with Crippen LogP contribution in [0.15, 0.2) is 42.6 Å². The highest BCUT2D eigenvalue weighted by atomic mass is 19.1. The van der Waals surface area contributed by atoms with Crippen LogP contribution in [0.2, 0.25) is 0 Å². The molecule has 1 fully saturated rings. The van der Waals surface area contributed by atoms with Crippen molar-refractivity contribution in [3.8, 4) is 5.88 Å². The molecule has 0 aliphatic carbocycles. The number of carbonyl (C=O) groups excluding carboxylic acids is 1. The summed E-state index contributed by atoms with van der Waals surface area (Å²) in [7, 11) is 1.53. The topological polar surface area (TPSA) is 42.4 Å². The van der Waals surface area contributed by atoms with Gasteiger partial charge in [0.15, 0.2) is 0 Å². The molecule has 1 atom stereocenters. The molecular weight excluding hydrogens is 295 g/mol. The summed E-state index contributed by atoms with van der Waals surface area (Å²) in [5.41, 5.74) is 1.53. The number of aromatic nitrogens is 1. The van der Waals surface area contributed by atoms with Crippen LogP contribution >= 0.6 is 0 Å². The van der Waals surface area contributed by atoms with Crippen LogP contribution in [0.3, 0.4) is 0 Å². The summed E-state index contributed by atoms with van der Waals surface area (Å²) < 4.78 is 18.3. The lowest BCUT2D eigenvalue weighted by Gasteiger charge is -2.36. The fraction of sp³-hybridized carbons (Fsp3) is 0.333. The first-order valence-electron chi connectivity index (χ1n) is 7.75. The van der Waals surface area contributed by atoms with E-state index in [4.69, 9.17) is 4.74 Å². The van der Waals surface area contributed by atoms with Gasteiger partial charge >= 0.3 is 0 Å². The van der Waals surface area contributed by atoms with Gasteiger partial charge in [0.1, 0.15) is 5.82 Å². The van der Waals surface area contributed by atoms with Crippen molar-refractivity contribution in [2.45, 2.75) is 25.3 Å². The molecule has 0 spiro atoms. The molecule has 0 N–H and O–H groups in total. The van der Waals surface area contributed by atoms with Crippen LogP contribution in [0.5, 0.6) is 5.88 Å². The van der Waals surface area contributed by atoms with Crippen molar-refractivity contribution >= 4 is 5.91 Å². The number of benzene rings is 1. The Morgan fingerprint density at radius 1 is 1.26 bits per heavy atom. The average Bonchev–Trinajstić information content (AvgIpc) is 2.62. The van der Waals surface area contributed by atoms with E-state index in [-0.39, 0.29) is 17.8 Å². The van der Waals surface area contributed by atoms with Crippen molar-refractivity contribution in [2.75, 3.05) is 13.7 Å². The zero-order valence-corrected chi connectivity index (χ0v) is 13.0. The second kappa shape index (κ2) is 6.77. The monoisotopic (exact) mass is 314 g/mol. The van der Waals surface area contributed by atoms with Gasteiger partial charge in [-0.1, -0.05) is 12.1 Å². The van der Waals surface area contributed by atoms with Crippen LogP contribution < -0.4 is 4.74 Å². The van der Waals surface area contributed by atoms with Crippen LogP contribution in [0.4, 0.5) is 4.39 Å². The van der Waals surface area contributed by atoms with E-state index in [0.29, 0.717) is 18.0 Å². The molecule has 5 heteroatoms. The lowest BCUT2D eigenvalue weighted by Crippen LogP contribution is -2.38. The van der Waals surface area contributed by atoms with Gasteiger partial charge in [-0.15, -0.1) is 0 Å². The third-order valence-electron chi connectivity index (χ3n) is 4.21. The van der Waals surface area contributed by atoms with E-state index in [0.717, 1.165) is 24.8 Å². The van der Waals surface area contributed by atoms with Crippen molar-refractivity contribution in [2.24, 2.45) is 0 Å². The van der Waals surface area contributed by atoms with Gasteiger partial charge in [0.2, 0.25) is 5.88 Å². The molecule has 4 nitrogen and oxygen atoms in total. The highest BCUT2D eigenvalue weighted by Gasteiger charge is 2.28. The van der Waals surface area contributed by atoms with Crippen molar-refractivity contribution in [3.05, 3.63) is 59.5 Å². The molecule has 120 valence electrons. The first-order chi connectivity index (χ1) is 11.2. The number of piperidine rings is 1. The minimum absolute atomic E-state index is 0.0176. The molecule has 0 radical (unpaired) electrons. The Kier molecular flexibility index (Phi) is 4.55. The van der Waals surface area contributed by atoms with Gasteiger partial charge in [-0.3, -0.25) is 4.79 Å². The van der Waals surface area contributed by atoms with Gasteiger partial charge in [-0.05, 0) is 43.0 Å². The lowest BCUT2D eigenvalue weighted by molar-refractivity contribution is 0.0611. The molecule has 1 aliphatic rings. The second-order valence-electron chi connectivity index (χ2n) is 5.65. The quantitative estimate of drug-likeness (QED) is 0.869. The standard InChI is InChI=1S/C18H19FN2O2/c1-23-17-12-14(9-10-20-17)18(22)21-11-3-2-4-16(21)13-5-7-15(19)8-6-13/h5-10,12,16H,2-4,11H2,1H3/t16-/m1/s1. The number of halogens is 1. The molecule has 2 aromatic rings. The average molecular weight is 314 g/mol. The van der Waals surface area contributed by atoms with Crippen molar-refractivity contribution in [3.63, 3.8) is 0 Å². The van der Waals surface area contributed by atoms with E-state index >= 15 is 0 Å². The minimum Gasteiger partial charge on any atom is -0.481 e. The zero-order chi connectivity index (χ0) is 16.2. The number of hydrogen-bond acceptors (Lipinski definition) is 3. The molecule has 3 rings (SSSR count). The number of pyridine rings is 1. The van der Waals surface area contributed by atoms with Gasteiger partial charge in [0.05, 0.1) is 13.2 Å². The molecule has 2 heterocycles. The Balaban J connectivity index is 1.88. The Morgan fingerprint density at radius 2 is 2.04 bits per heavy atom.